The van der Waals surface area contributed by atoms with Gasteiger partial charge in [-0.3, -0.25) is 0 Å². The molecule has 0 amide bonds. The Morgan fingerprint density at radius 3 is 2.48 bits per heavy atom. The van der Waals surface area contributed by atoms with Crippen molar-refractivity contribution in [1.82, 2.24) is 5.32 Å². The van der Waals surface area contributed by atoms with Crippen LogP contribution in [0.5, 0.6) is 0 Å². The zero-order valence-corrected chi connectivity index (χ0v) is 13.9. The van der Waals surface area contributed by atoms with Gasteiger partial charge in [0.25, 0.3) is 0 Å². The Labute approximate surface area is 130 Å². The molecular weight excluding hydrogens is 266 g/mol. The minimum Gasteiger partial charge on any atom is -0.394 e. The lowest BCUT2D eigenvalue weighted by Gasteiger charge is -2.29. The van der Waals surface area contributed by atoms with Crippen molar-refractivity contribution in [3.8, 4) is 0 Å². The molecule has 1 rings (SSSR count). The van der Waals surface area contributed by atoms with Crippen LogP contribution in [0.2, 0.25) is 0 Å². The summed E-state index contributed by atoms with van der Waals surface area (Å²) in [5.41, 5.74) is -0.159. The van der Waals surface area contributed by atoms with Gasteiger partial charge in [0, 0.05) is 18.7 Å². The number of hydrogen-bond acceptors (Lipinski definition) is 4. The molecule has 4 heteroatoms. The first-order chi connectivity index (χ1) is 10.2. The van der Waals surface area contributed by atoms with Crippen molar-refractivity contribution in [2.24, 2.45) is 5.92 Å². The van der Waals surface area contributed by atoms with Crippen LogP contribution in [-0.4, -0.2) is 48.2 Å². The zero-order valence-electron chi connectivity index (χ0n) is 13.9. The number of unbranched alkanes of at least 4 members (excludes halogenated alkanes) is 1. The molecular formula is C17H35NO3. The van der Waals surface area contributed by atoms with Gasteiger partial charge < -0.3 is 20.3 Å². The molecule has 126 valence electrons. The molecule has 0 radical (unpaired) electrons. The fourth-order valence-electron chi connectivity index (χ4n) is 3.10. The molecule has 1 aliphatic rings. The van der Waals surface area contributed by atoms with Crippen LogP contribution in [-0.2, 0) is 4.74 Å². The lowest BCUT2D eigenvalue weighted by molar-refractivity contribution is 0.0137. The molecule has 1 saturated carbocycles. The maximum Gasteiger partial charge on any atom is 0.0897 e. The maximum atomic E-state index is 10.0. The standard InChI is InChI=1S/C17H35NO3/c1-3-5-8-15(4-2)12-21-13-16(20)11-18-17(14-19)9-6-7-10-17/h15-16,18-20H,3-14H2,1-2H3. The molecule has 0 aromatic carbocycles. The van der Waals surface area contributed by atoms with E-state index >= 15 is 0 Å². The second-order valence-corrected chi connectivity index (χ2v) is 6.63. The SMILES string of the molecule is CCCCC(CC)COCC(O)CNC1(CO)CCCC1. The molecule has 1 aliphatic carbocycles. The van der Waals surface area contributed by atoms with E-state index in [1.165, 1.54) is 19.3 Å². The number of hydrogen-bond donors (Lipinski definition) is 3. The van der Waals surface area contributed by atoms with Crippen LogP contribution >= 0.6 is 0 Å². The van der Waals surface area contributed by atoms with Gasteiger partial charge in [-0.1, -0.05) is 46.0 Å². The van der Waals surface area contributed by atoms with Crippen molar-refractivity contribution >= 4 is 0 Å². The van der Waals surface area contributed by atoms with Gasteiger partial charge in [0.1, 0.15) is 0 Å². The van der Waals surface area contributed by atoms with Gasteiger partial charge >= 0.3 is 0 Å². The third-order valence-electron chi connectivity index (χ3n) is 4.78. The van der Waals surface area contributed by atoms with Crippen LogP contribution in [0.4, 0.5) is 0 Å². The lowest BCUT2D eigenvalue weighted by Crippen LogP contribution is -2.49. The van der Waals surface area contributed by atoms with Crippen molar-refractivity contribution in [1.29, 1.82) is 0 Å². The Hall–Kier alpha value is -0.160. The summed E-state index contributed by atoms with van der Waals surface area (Å²) in [6, 6.07) is 0. The number of nitrogens with one attached hydrogen (secondary N) is 1. The first-order valence-corrected chi connectivity index (χ1v) is 8.77. The van der Waals surface area contributed by atoms with Crippen LogP contribution in [0.3, 0.4) is 0 Å². The second-order valence-electron chi connectivity index (χ2n) is 6.63. The Morgan fingerprint density at radius 2 is 1.90 bits per heavy atom. The van der Waals surface area contributed by atoms with Crippen LogP contribution < -0.4 is 5.32 Å². The number of aliphatic hydroxyl groups excluding tert-OH is 2. The monoisotopic (exact) mass is 301 g/mol. The average molecular weight is 301 g/mol. The predicted molar refractivity (Wildman–Crippen MR) is 86.4 cm³/mol. The summed E-state index contributed by atoms with van der Waals surface area (Å²) < 4.78 is 5.67. The van der Waals surface area contributed by atoms with Crippen LogP contribution in [0, 0.1) is 5.92 Å². The average Bonchev–Trinajstić information content (AvgIpc) is 2.98. The largest absolute Gasteiger partial charge is 0.394 e. The third-order valence-corrected chi connectivity index (χ3v) is 4.78. The first kappa shape index (κ1) is 18.9. The molecule has 0 bridgehead atoms. The minimum atomic E-state index is -0.488. The maximum absolute atomic E-state index is 10.0. The highest BCUT2D eigenvalue weighted by atomic mass is 16.5. The van der Waals surface area contributed by atoms with E-state index in [1.54, 1.807) is 0 Å². The van der Waals surface area contributed by atoms with E-state index in [0.29, 0.717) is 19.1 Å². The van der Waals surface area contributed by atoms with E-state index in [4.69, 9.17) is 4.74 Å². The van der Waals surface area contributed by atoms with E-state index in [0.717, 1.165) is 38.7 Å². The van der Waals surface area contributed by atoms with E-state index in [-0.39, 0.29) is 12.1 Å². The highest BCUT2D eigenvalue weighted by Gasteiger charge is 2.32. The fourth-order valence-corrected chi connectivity index (χ4v) is 3.10. The molecule has 0 saturated heterocycles. The van der Waals surface area contributed by atoms with Crippen molar-refractivity contribution < 1.29 is 14.9 Å². The van der Waals surface area contributed by atoms with Gasteiger partial charge in [-0.25, -0.2) is 0 Å². The number of rotatable bonds is 12. The summed E-state index contributed by atoms with van der Waals surface area (Å²) in [7, 11) is 0. The Morgan fingerprint density at radius 1 is 1.19 bits per heavy atom. The summed E-state index contributed by atoms with van der Waals surface area (Å²) in [5.74, 6) is 0.615. The third kappa shape index (κ3) is 7.09. The van der Waals surface area contributed by atoms with Gasteiger partial charge in [0.2, 0.25) is 0 Å². The highest BCUT2D eigenvalue weighted by Crippen LogP contribution is 2.28. The molecule has 2 unspecified atom stereocenters. The van der Waals surface area contributed by atoms with Crippen molar-refractivity contribution in [2.75, 3.05) is 26.4 Å². The predicted octanol–water partition coefficient (Wildman–Crippen LogP) is 2.47. The summed E-state index contributed by atoms with van der Waals surface area (Å²) in [6.45, 7) is 6.22. The molecule has 0 heterocycles. The van der Waals surface area contributed by atoms with Gasteiger partial charge in [-0.2, -0.15) is 0 Å². The van der Waals surface area contributed by atoms with Gasteiger partial charge in [-0.15, -0.1) is 0 Å². The van der Waals surface area contributed by atoms with Crippen molar-refractivity contribution in [2.45, 2.75) is 76.9 Å². The molecule has 0 aromatic heterocycles. The molecule has 21 heavy (non-hydrogen) atoms. The first-order valence-electron chi connectivity index (χ1n) is 8.77. The van der Waals surface area contributed by atoms with Gasteiger partial charge in [0.15, 0.2) is 0 Å². The Balaban J connectivity index is 2.14. The molecule has 1 fully saturated rings. The highest BCUT2D eigenvalue weighted by molar-refractivity contribution is 4.92. The summed E-state index contributed by atoms with van der Waals surface area (Å²) in [4.78, 5) is 0. The number of aliphatic hydroxyl groups is 2. The van der Waals surface area contributed by atoms with Crippen LogP contribution in [0.25, 0.3) is 0 Å². The van der Waals surface area contributed by atoms with E-state index in [1.807, 2.05) is 0 Å². The Bertz CT molecular complexity index is 254. The van der Waals surface area contributed by atoms with E-state index < -0.39 is 6.10 Å². The van der Waals surface area contributed by atoms with Gasteiger partial charge in [-0.05, 0) is 25.2 Å². The lowest BCUT2D eigenvalue weighted by atomic mass is 9.99. The fraction of sp³-hybridized carbons (Fsp3) is 1.00. The second kappa shape index (κ2) is 10.5. The normalized spacial score (nSPS) is 20.6. The van der Waals surface area contributed by atoms with Crippen LogP contribution in [0.15, 0.2) is 0 Å². The Kier molecular flexibility index (Phi) is 9.49. The van der Waals surface area contributed by atoms with E-state index in [2.05, 4.69) is 19.2 Å². The summed E-state index contributed by atoms with van der Waals surface area (Å²) in [6.07, 6.45) is 8.69. The quantitative estimate of drug-likeness (QED) is 0.518. The molecule has 3 N–H and O–H groups in total. The molecule has 0 spiro atoms. The zero-order chi connectivity index (χ0) is 15.6. The molecule has 2 atom stereocenters. The molecule has 0 aliphatic heterocycles. The molecule has 4 nitrogen and oxygen atoms in total. The van der Waals surface area contributed by atoms with Crippen LogP contribution in [0.1, 0.15) is 65.2 Å². The smallest absolute Gasteiger partial charge is 0.0897 e. The van der Waals surface area contributed by atoms with Gasteiger partial charge in [0.05, 0.1) is 19.3 Å². The number of ether oxygens (including phenoxy) is 1. The topological polar surface area (TPSA) is 61.7 Å². The van der Waals surface area contributed by atoms with Crippen molar-refractivity contribution in [3.63, 3.8) is 0 Å². The minimum absolute atomic E-state index is 0.159. The summed E-state index contributed by atoms with van der Waals surface area (Å²) >= 11 is 0. The summed E-state index contributed by atoms with van der Waals surface area (Å²) in [5, 5.41) is 22.9. The molecule has 0 aromatic rings. The number of β-amino-alcohol motifs (C(OH)–C–C–N with tert-alkyl or cyclic N) is 1. The van der Waals surface area contributed by atoms with E-state index in [9.17, 15) is 10.2 Å². The van der Waals surface area contributed by atoms with Crippen molar-refractivity contribution in [3.05, 3.63) is 0 Å².